The summed E-state index contributed by atoms with van der Waals surface area (Å²) in [7, 11) is 0. The first-order chi connectivity index (χ1) is 13.6. The Labute approximate surface area is 168 Å². The van der Waals surface area contributed by atoms with Gasteiger partial charge in [-0.1, -0.05) is 42.1 Å². The Morgan fingerprint density at radius 1 is 1.36 bits per heavy atom. The van der Waals surface area contributed by atoms with Crippen LogP contribution in [0.15, 0.2) is 35.5 Å². The summed E-state index contributed by atoms with van der Waals surface area (Å²) in [4.78, 5) is 31.0. The summed E-state index contributed by atoms with van der Waals surface area (Å²) >= 11 is 1.48. The van der Waals surface area contributed by atoms with Gasteiger partial charge in [0, 0.05) is 31.9 Å². The summed E-state index contributed by atoms with van der Waals surface area (Å²) in [5.74, 6) is 1.27. The zero-order valence-corrected chi connectivity index (χ0v) is 16.8. The molecule has 3 N–H and O–H groups in total. The molecule has 150 valence electrons. The van der Waals surface area contributed by atoms with Gasteiger partial charge in [0.2, 0.25) is 17.0 Å². The van der Waals surface area contributed by atoms with Crippen LogP contribution in [0.5, 0.6) is 0 Å². The van der Waals surface area contributed by atoms with Crippen molar-refractivity contribution in [2.24, 2.45) is 0 Å². The van der Waals surface area contributed by atoms with Crippen LogP contribution in [-0.4, -0.2) is 69.9 Å². The molecule has 9 heteroatoms. The van der Waals surface area contributed by atoms with Crippen LogP contribution in [0.1, 0.15) is 17.8 Å². The molecule has 28 heavy (non-hydrogen) atoms. The molecule has 2 heterocycles. The van der Waals surface area contributed by atoms with Crippen LogP contribution in [0, 0.1) is 6.92 Å². The lowest BCUT2D eigenvalue weighted by molar-refractivity contribution is -0.133. The monoisotopic (exact) mass is 402 g/mol. The van der Waals surface area contributed by atoms with Gasteiger partial charge in [-0.2, -0.15) is 0 Å². The smallest absolute Gasteiger partial charge is 0.237 e. The molecule has 1 aromatic carbocycles. The first-order valence-electron chi connectivity index (χ1n) is 9.46. The van der Waals surface area contributed by atoms with Crippen LogP contribution >= 0.6 is 11.8 Å². The van der Waals surface area contributed by atoms with Crippen molar-refractivity contribution in [2.75, 3.05) is 31.9 Å². The van der Waals surface area contributed by atoms with Gasteiger partial charge in [-0.05, 0) is 18.9 Å². The number of H-pyrrole nitrogens is 1. The number of amides is 2. The molecule has 0 spiro atoms. The molecule has 1 atom stereocenters. The summed E-state index contributed by atoms with van der Waals surface area (Å²) in [6.07, 6.45) is 1.03. The van der Waals surface area contributed by atoms with Crippen molar-refractivity contribution in [1.82, 2.24) is 30.7 Å². The van der Waals surface area contributed by atoms with E-state index in [1.165, 1.54) is 17.3 Å². The van der Waals surface area contributed by atoms with Crippen LogP contribution in [0.4, 0.5) is 0 Å². The number of carbonyl (C=O) groups is 2. The van der Waals surface area contributed by atoms with Crippen molar-refractivity contribution in [3.63, 3.8) is 0 Å². The molecular weight excluding hydrogens is 376 g/mol. The molecule has 1 saturated heterocycles. The largest absolute Gasteiger partial charge is 0.355 e. The molecule has 0 radical (unpaired) electrons. The normalized spacial score (nSPS) is 17.3. The Hall–Kier alpha value is -2.39. The Kier molecular flexibility index (Phi) is 7.44. The second kappa shape index (κ2) is 10.2. The quantitative estimate of drug-likeness (QED) is 0.423. The van der Waals surface area contributed by atoms with Gasteiger partial charge >= 0.3 is 0 Å². The maximum Gasteiger partial charge on any atom is 0.237 e. The zero-order valence-electron chi connectivity index (χ0n) is 16.0. The molecule has 0 bridgehead atoms. The molecule has 1 unspecified atom stereocenters. The van der Waals surface area contributed by atoms with Gasteiger partial charge in [0.1, 0.15) is 5.82 Å². The zero-order chi connectivity index (χ0) is 19.8. The van der Waals surface area contributed by atoms with Gasteiger partial charge in [-0.15, -0.1) is 5.10 Å². The van der Waals surface area contributed by atoms with E-state index in [2.05, 4.69) is 42.8 Å². The number of benzene rings is 1. The highest BCUT2D eigenvalue weighted by Crippen LogP contribution is 2.12. The average molecular weight is 403 g/mol. The summed E-state index contributed by atoms with van der Waals surface area (Å²) in [6.45, 7) is 4.50. The standard InChI is InChI=1S/C19H26N6O2S/c1-14-22-19(24-23-14)28-12-9-20-17(26)13-16-18(27)21-8-11-25(16)10-7-15-5-3-2-4-6-15/h2-6,16H,7-13H2,1H3,(H,20,26)(H,21,27)(H,22,23,24). The fraction of sp³-hybridized carbons (Fsp3) is 0.474. The predicted octanol–water partition coefficient (Wildman–Crippen LogP) is 0.755. The third-order valence-electron chi connectivity index (χ3n) is 4.58. The van der Waals surface area contributed by atoms with Crippen LogP contribution < -0.4 is 10.6 Å². The number of nitrogens with zero attached hydrogens (tertiary/aromatic N) is 3. The molecule has 0 saturated carbocycles. The molecular formula is C19H26N6O2S. The SMILES string of the molecule is Cc1nc(SCCNC(=O)CC2C(=O)NCCN2CCc2ccccc2)n[nH]1. The fourth-order valence-corrected chi connectivity index (χ4v) is 3.83. The second-order valence-electron chi connectivity index (χ2n) is 6.68. The highest BCUT2D eigenvalue weighted by Gasteiger charge is 2.31. The lowest BCUT2D eigenvalue weighted by atomic mass is 10.1. The van der Waals surface area contributed by atoms with E-state index >= 15 is 0 Å². The number of piperazine rings is 1. The summed E-state index contributed by atoms with van der Waals surface area (Å²) in [5.41, 5.74) is 1.23. The third kappa shape index (κ3) is 6.07. The summed E-state index contributed by atoms with van der Waals surface area (Å²) < 4.78 is 0. The Balaban J connectivity index is 1.43. The molecule has 1 aromatic heterocycles. The molecule has 2 amide bonds. The highest BCUT2D eigenvalue weighted by atomic mass is 32.2. The van der Waals surface area contributed by atoms with E-state index in [9.17, 15) is 9.59 Å². The van der Waals surface area contributed by atoms with Gasteiger partial charge in [0.25, 0.3) is 0 Å². The minimum absolute atomic E-state index is 0.0694. The Bertz CT molecular complexity index is 782. The van der Waals surface area contributed by atoms with Crippen LogP contribution in [-0.2, 0) is 16.0 Å². The minimum atomic E-state index is -0.416. The summed E-state index contributed by atoms with van der Waals surface area (Å²) in [6, 6.07) is 9.77. The fourth-order valence-electron chi connectivity index (χ4n) is 3.14. The van der Waals surface area contributed by atoms with Gasteiger partial charge in [0.05, 0.1) is 12.5 Å². The number of thioether (sulfide) groups is 1. The number of nitrogens with one attached hydrogen (secondary N) is 3. The van der Waals surface area contributed by atoms with E-state index in [0.29, 0.717) is 24.0 Å². The number of carbonyl (C=O) groups excluding carboxylic acids is 2. The maximum absolute atomic E-state index is 12.3. The molecule has 1 aliphatic heterocycles. The number of aromatic nitrogens is 3. The van der Waals surface area contributed by atoms with Gasteiger partial charge in [0.15, 0.2) is 0 Å². The molecule has 3 rings (SSSR count). The predicted molar refractivity (Wildman–Crippen MR) is 108 cm³/mol. The van der Waals surface area contributed by atoms with Crippen LogP contribution in [0.2, 0.25) is 0 Å². The molecule has 0 aliphatic carbocycles. The van der Waals surface area contributed by atoms with E-state index in [4.69, 9.17) is 0 Å². The third-order valence-corrected chi connectivity index (χ3v) is 5.43. The lowest BCUT2D eigenvalue weighted by Gasteiger charge is -2.34. The Morgan fingerprint density at radius 2 is 2.18 bits per heavy atom. The van der Waals surface area contributed by atoms with Crippen molar-refractivity contribution >= 4 is 23.6 Å². The number of hydrogen-bond acceptors (Lipinski definition) is 6. The first-order valence-corrected chi connectivity index (χ1v) is 10.4. The van der Waals surface area contributed by atoms with Crippen molar-refractivity contribution in [1.29, 1.82) is 0 Å². The van der Waals surface area contributed by atoms with Crippen LogP contribution in [0.25, 0.3) is 0 Å². The number of aryl methyl sites for hydroxylation is 1. The van der Waals surface area contributed by atoms with E-state index < -0.39 is 6.04 Å². The number of rotatable bonds is 9. The maximum atomic E-state index is 12.3. The molecule has 1 fully saturated rings. The Morgan fingerprint density at radius 3 is 2.93 bits per heavy atom. The molecule has 2 aromatic rings. The lowest BCUT2D eigenvalue weighted by Crippen LogP contribution is -2.57. The highest BCUT2D eigenvalue weighted by molar-refractivity contribution is 7.99. The van der Waals surface area contributed by atoms with E-state index in [1.807, 2.05) is 25.1 Å². The first kappa shape index (κ1) is 20.3. The van der Waals surface area contributed by atoms with E-state index in [-0.39, 0.29) is 18.2 Å². The van der Waals surface area contributed by atoms with E-state index in [0.717, 1.165) is 25.3 Å². The van der Waals surface area contributed by atoms with Crippen molar-refractivity contribution in [3.05, 3.63) is 41.7 Å². The number of aromatic amines is 1. The van der Waals surface area contributed by atoms with E-state index in [1.54, 1.807) is 0 Å². The molecule has 1 aliphatic rings. The van der Waals surface area contributed by atoms with Gasteiger partial charge in [-0.3, -0.25) is 19.6 Å². The second-order valence-corrected chi connectivity index (χ2v) is 7.75. The minimum Gasteiger partial charge on any atom is -0.355 e. The average Bonchev–Trinajstić information content (AvgIpc) is 3.12. The summed E-state index contributed by atoms with van der Waals surface area (Å²) in [5, 5.41) is 13.3. The van der Waals surface area contributed by atoms with Crippen LogP contribution in [0.3, 0.4) is 0 Å². The van der Waals surface area contributed by atoms with Crippen molar-refractivity contribution < 1.29 is 9.59 Å². The molecule has 8 nitrogen and oxygen atoms in total. The van der Waals surface area contributed by atoms with Gasteiger partial charge in [-0.25, -0.2) is 4.98 Å². The van der Waals surface area contributed by atoms with Crippen molar-refractivity contribution in [2.45, 2.75) is 31.0 Å². The van der Waals surface area contributed by atoms with Gasteiger partial charge < -0.3 is 10.6 Å². The number of hydrogen-bond donors (Lipinski definition) is 3. The van der Waals surface area contributed by atoms with Crippen molar-refractivity contribution in [3.8, 4) is 0 Å². The topological polar surface area (TPSA) is 103 Å².